The Balaban J connectivity index is 1.54. The Morgan fingerprint density at radius 1 is 1.25 bits per heavy atom. The highest BCUT2D eigenvalue weighted by atomic mass is 16.3. The predicted octanol–water partition coefficient (Wildman–Crippen LogP) is 2.28. The second-order valence-electron chi connectivity index (χ2n) is 7.18. The fourth-order valence-electron chi connectivity index (χ4n) is 3.76. The quantitative estimate of drug-likeness (QED) is 0.895. The number of hydrogen-bond acceptors (Lipinski definition) is 3. The van der Waals surface area contributed by atoms with Crippen molar-refractivity contribution in [2.45, 2.75) is 45.3 Å². The molecule has 0 radical (unpaired) electrons. The van der Waals surface area contributed by atoms with E-state index in [1.807, 2.05) is 4.90 Å². The normalized spacial score (nSPS) is 25.5. The zero-order valence-electron chi connectivity index (χ0n) is 14.7. The number of aliphatic hydroxyl groups is 1. The van der Waals surface area contributed by atoms with Gasteiger partial charge in [-0.1, -0.05) is 30.4 Å². The van der Waals surface area contributed by atoms with E-state index in [9.17, 15) is 9.90 Å². The van der Waals surface area contributed by atoms with Crippen LogP contribution in [-0.2, 0) is 4.79 Å². The first-order chi connectivity index (χ1) is 11.5. The molecule has 0 aromatic heterocycles. The molecule has 4 heteroatoms. The lowest BCUT2D eigenvalue weighted by molar-refractivity contribution is -0.134. The second kappa shape index (κ2) is 7.49. The van der Waals surface area contributed by atoms with Crippen molar-refractivity contribution in [3.05, 3.63) is 41.0 Å². The van der Waals surface area contributed by atoms with E-state index >= 15 is 0 Å². The van der Waals surface area contributed by atoms with Crippen LogP contribution >= 0.6 is 0 Å². The van der Waals surface area contributed by atoms with E-state index in [1.54, 1.807) is 0 Å². The molecule has 1 amide bonds. The largest absolute Gasteiger partial charge is 0.392 e. The van der Waals surface area contributed by atoms with Crippen molar-refractivity contribution in [2.75, 3.05) is 19.6 Å². The molecule has 24 heavy (non-hydrogen) atoms. The van der Waals surface area contributed by atoms with E-state index in [-0.39, 0.29) is 18.1 Å². The fraction of sp³-hybridized carbons (Fsp3) is 0.550. The lowest BCUT2D eigenvalue weighted by atomic mass is 9.93. The van der Waals surface area contributed by atoms with Gasteiger partial charge in [-0.05, 0) is 55.7 Å². The molecule has 2 aliphatic rings. The van der Waals surface area contributed by atoms with Crippen LogP contribution in [-0.4, -0.2) is 47.7 Å². The van der Waals surface area contributed by atoms with Crippen LogP contribution < -0.4 is 5.32 Å². The second-order valence-corrected chi connectivity index (χ2v) is 7.18. The number of likely N-dealkylation sites (tertiary alicyclic amines) is 1. The van der Waals surface area contributed by atoms with Crippen LogP contribution in [0.2, 0.25) is 0 Å². The van der Waals surface area contributed by atoms with Crippen LogP contribution in [0.25, 0.3) is 6.08 Å². The molecule has 2 aliphatic heterocycles. The number of benzene rings is 1. The molecule has 0 unspecified atom stereocenters. The van der Waals surface area contributed by atoms with E-state index in [0.29, 0.717) is 18.9 Å². The molecule has 1 aromatic carbocycles. The Hall–Kier alpha value is -1.65. The van der Waals surface area contributed by atoms with Crippen LogP contribution in [0.1, 0.15) is 36.0 Å². The van der Waals surface area contributed by atoms with Gasteiger partial charge in [0.15, 0.2) is 0 Å². The molecule has 4 nitrogen and oxygen atoms in total. The molecule has 0 bridgehead atoms. The molecule has 0 aliphatic carbocycles. The van der Waals surface area contributed by atoms with Gasteiger partial charge in [-0.2, -0.15) is 0 Å². The standard InChI is InChI=1S/C20H28N2O2/c1-14-4-3-5-15(2)18(14)7-6-16-8-10-22(11-9-16)20(24)19-12-17(23)13-21-19/h3-7,16-17,19,21,23H,8-13H2,1-2H3/t17-,19+/m1/s1. The molecule has 2 fully saturated rings. The molecule has 2 saturated heterocycles. The Labute approximate surface area is 144 Å². The number of aryl methyl sites for hydroxylation is 2. The van der Waals surface area contributed by atoms with Crippen molar-refractivity contribution >= 4 is 12.0 Å². The average molecular weight is 328 g/mol. The van der Waals surface area contributed by atoms with E-state index in [1.165, 1.54) is 16.7 Å². The minimum absolute atomic E-state index is 0.156. The first-order valence-corrected chi connectivity index (χ1v) is 8.99. The number of piperidine rings is 1. The summed E-state index contributed by atoms with van der Waals surface area (Å²) in [5.74, 6) is 0.693. The highest BCUT2D eigenvalue weighted by Crippen LogP contribution is 2.23. The summed E-state index contributed by atoms with van der Waals surface area (Å²) in [6.45, 7) is 6.46. The zero-order valence-corrected chi connectivity index (χ0v) is 14.7. The molecule has 130 valence electrons. The first kappa shape index (κ1) is 17.2. The summed E-state index contributed by atoms with van der Waals surface area (Å²) in [7, 11) is 0. The lowest BCUT2D eigenvalue weighted by Gasteiger charge is -2.32. The Bertz CT molecular complexity index is 598. The highest BCUT2D eigenvalue weighted by Gasteiger charge is 2.32. The molecule has 2 N–H and O–H groups in total. The highest BCUT2D eigenvalue weighted by molar-refractivity contribution is 5.82. The maximum atomic E-state index is 12.5. The minimum atomic E-state index is -0.378. The molecular weight excluding hydrogens is 300 g/mol. The molecular formula is C20H28N2O2. The number of carbonyl (C=O) groups is 1. The van der Waals surface area contributed by atoms with Gasteiger partial charge in [-0.25, -0.2) is 0 Å². The average Bonchev–Trinajstić information content (AvgIpc) is 3.01. The van der Waals surface area contributed by atoms with Gasteiger partial charge < -0.3 is 15.3 Å². The summed E-state index contributed by atoms with van der Waals surface area (Å²) in [6, 6.07) is 6.20. The van der Waals surface area contributed by atoms with Crippen molar-refractivity contribution in [3.8, 4) is 0 Å². The summed E-state index contributed by atoms with van der Waals surface area (Å²) in [5.41, 5.74) is 3.94. The van der Waals surface area contributed by atoms with Gasteiger partial charge in [-0.15, -0.1) is 0 Å². The molecule has 2 atom stereocenters. The van der Waals surface area contributed by atoms with Gasteiger partial charge in [0.2, 0.25) is 5.91 Å². The van der Waals surface area contributed by atoms with Gasteiger partial charge in [0.1, 0.15) is 0 Å². The summed E-state index contributed by atoms with van der Waals surface area (Å²) >= 11 is 0. The summed E-state index contributed by atoms with van der Waals surface area (Å²) in [4.78, 5) is 14.4. The number of amides is 1. The maximum absolute atomic E-state index is 12.5. The van der Waals surface area contributed by atoms with Crippen molar-refractivity contribution in [1.29, 1.82) is 0 Å². The maximum Gasteiger partial charge on any atom is 0.239 e. The van der Waals surface area contributed by atoms with Gasteiger partial charge >= 0.3 is 0 Å². The van der Waals surface area contributed by atoms with E-state index in [2.05, 4.69) is 49.5 Å². The number of rotatable bonds is 3. The van der Waals surface area contributed by atoms with Crippen molar-refractivity contribution < 1.29 is 9.90 Å². The summed E-state index contributed by atoms with van der Waals surface area (Å²) in [6.07, 6.45) is 6.77. The van der Waals surface area contributed by atoms with Crippen LogP contribution in [0.5, 0.6) is 0 Å². The van der Waals surface area contributed by atoms with Gasteiger partial charge in [0.05, 0.1) is 12.1 Å². The van der Waals surface area contributed by atoms with Crippen molar-refractivity contribution in [3.63, 3.8) is 0 Å². The molecule has 3 rings (SSSR count). The fourth-order valence-corrected chi connectivity index (χ4v) is 3.76. The Kier molecular flexibility index (Phi) is 5.36. The molecule has 1 aromatic rings. The monoisotopic (exact) mass is 328 g/mol. The van der Waals surface area contributed by atoms with Crippen LogP contribution in [0, 0.1) is 19.8 Å². The van der Waals surface area contributed by atoms with Gasteiger partial charge in [0, 0.05) is 19.6 Å². The van der Waals surface area contributed by atoms with Crippen LogP contribution in [0.4, 0.5) is 0 Å². The summed E-state index contributed by atoms with van der Waals surface area (Å²) < 4.78 is 0. The number of allylic oxidation sites excluding steroid dienone is 1. The molecule has 2 heterocycles. The summed E-state index contributed by atoms with van der Waals surface area (Å²) in [5, 5.41) is 12.7. The van der Waals surface area contributed by atoms with Gasteiger partial charge in [-0.3, -0.25) is 4.79 Å². The third-order valence-corrected chi connectivity index (χ3v) is 5.33. The lowest BCUT2D eigenvalue weighted by Crippen LogP contribution is -2.46. The van der Waals surface area contributed by atoms with E-state index in [4.69, 9.17) is 0 Å². The third-order valence-electron chi connectivity index (χ3n) is 5.33. The number of carbonyl (C=O) groups excluding carboxylic acids is 1. The topological polar surface area (TPSA) is 52.6 Å². The van der Waals surface area contributed by atoms with Crippen LogP contribution in [0.15, 0.2) is 24.3 Å². The van der Waals surface area contributed by atoms with E-state index in [0.717, 1.165) is 25.9 Å². The minimum Gasteiger partial charge on any atom is -0.392 e. The smallest absolute Gasteiger partial charge is 0.239 e. The first-order valence-electron chi connectivity index (χ1n) is 8.99. The Morgan fingerprint density at radius 2 is 1.92 bits per heavy atom. The number of β-amino-alcohol motifs (C(OH)–C–C–N with tert-alkyl or cyclic N) is 1. The van der Waals surface area contributed by atoms with E-state index < -0.39 is 0 Å². The number of aliphatic hydroxyl groups excluding tert-OH is 1. The van der Waals surface area contributed by atoms with Crippen molar-refractivity contribution in [2.24, 2.45) is 5.92 Å². The zero-order chi connectivity index (χ0) is 17.1. The molecule has 0 saturated carbocycles. The number of nitrogens with zero attached hydrogens (tertiary/aromatic N) is 1. The van der Waals surface area contributed by atoms with Crippen LogP contribution in [0.3, 0.4) is 0 Å². The molecule has 0 spiro atoms. The predicted molar refractivity (Wildman–Crippen MR) is 96.7 cm³/mol. The number of nitrogens with one attached hydrogen (secondary N) is 1. The Morgan fingerprint density at radius 3 is 2.50 bits per heavy atom. The van der Waals surface area contributed by atoms with Crippen molar-refractivity contribution in [1.82, 2.24) is 10.2 Å². The SMILES string of the molecule is Cc1cccc(C)c1C=CC1CCN(C(=O)[C@@H]2C[C@@H](O)CN2)CC1. The third kappa shape index (κ3) is 3.87. The van der Waals surface area contributed by atoms with Gasteiger partial charge in [0.25, 0.3) is 0 Å². The number of hydrogen-bond donors (Lipinski definition) is 2.